The summed E-state index contributed by atoms with van der Waals surface area (Å²) in [6.45, 7) is 1.87. The average molecular weight is 378 g/mol. The van der Waals surface area contributed by atoms with Gasteiger partial charge in [-0.2, -0.15) is 0 Å². The van der Waals surface area contributed by atoms with Crippen LogP contribution in [-0.4, -0.2) is 0 Å². The Hall–Kier alpha value is -2.75. The lowest BCUT2D eigenvalue weighted by molar-refractivity contribution is 0.302. The Morgan fingerprint density at radius 1 is 0.852 bits per heavy atom. The Bertz CT molecular complexity index is 1010. The summed E-state index contributed by atoms with van der Waals surface area (Å²) in [5.41, 5.74) is 2.23. The highest BCUT2D eigenvalue weighted by atomic mass is 35.5. The van der Waals surface area contributed by atoms with E-state index in [2.05, 4.69) is 35.6 Å². The van der Waals surface area contributed by atoms with Gasteiger partial charge in [0.25, 0.3) is 0 Å². The Morgan fingerprint density at radius 2 is 1.70 bits per heavy atom. The van der Waals surface area contributed by atoms with Gasteiger partial charge in [-0.25, -0.2) is 0 Å². The van der Waals surface area contributed by atoms with Crippen molar-refractivity contribution in [2.24, 2.45) is 0 Å². The minimum atomic E-state index is 0.501. The van der Waals surface area contributed by atoms with Crippen molar-refractivity contribution in [2.75, 3.05) is 0 Å². The maximum absolute atomic E-state index is 6.15. The minimum absolute atomic E-state index is 0.501. The number of furan rings is 1. The second-order valence-corrected chi connectivity index (χ2v) is 6.80. The van der Waals surface area contributed by atoms with Crippen LogP contribution < -0.4 is 10.1 Å². The van der Waals surface area contributed by atoms with E-state index in [-0.39, 0.29) is 0 Å². The number of hydrogen-bond acceptors (Lipinski definition) is 3. The second kappa shape index (κ2) is 8.30. The van der Waals surface area contributed by atoms with Gasteiger partial charge in [-0.05, 0) is 46.7 Å². The van der Waals surface area contributed by atoms with Crippen molar-refractivity contribution in [3.63, 3.8) is 0 Å². The molecule has 0 aliphatic rings. The first-order valence-corrected chi connectivity index (χ1v) is 9.28. The molecule has 0 fully saturated rings. The van der Waals surface area contributed by atoms with Gasteiger partial charge in [0.2, 0.25) is 0 Å². The molecule has 0 saturated heterocycles. The van der Waals surface area contributed by atoms with Gasteiger partial charge in [-0.3, -0.25) is 0 Å². The number of hydrogen-bond donors (Lipinski definition) is 1. The molecule has 136 valence electrons. The summed E-state index contributed by atoms with van der Waals surface area (Å²) in [5, 5.41) is 6.57. The van der Waals surface area contributed by atoms with Crippen LogP contribution in [-0.2, 0) is 19.7 Å². The van der Waals surface area contributed by atoms with Crippen LogP contribution in [0.5, 0.6) is 5.75 Å². The molecule has 0 spiro atoms. The number of fused-ring (bicyclic) bond motifs is 1. The van der Waals surface area contributed by atoms with E-state index >= 15 is 0 Å². The molecule has 1 N–H and O–H groups in total. The molecular weight excluding hydrogens is 358 g/mol. The third kappa shape index (κ3) is 4.33. The predicted octanol–water partition coefficient (Wildman–Crippen LogP) is 5.96. The van der Waals surface area contributed by atoms with Gasteiger partial charge >= 0.3 is 0 Å². The fraction of sp³-hybridized carbons (Fsp3) is 0.130. The molecule has 4 aromatic rings. The van der Waals surface area contributed by atoms with E-state index in [4.69, 9.17) is 20.8 Å². The summed E-state index contributed by atoms with van der Waals surface area (Å²) in [5.74, 6) is 1.80. The van der Waals surface area contributed by atoms with Crippen molar-refractivity contribution in [2.45, 2.75) is 19.7 Å². The maximum Gasteiger partial charge on any atom is 0.124 e. The summed E-state index contributed by atoms with van der Waals surface area (Å²) in [4.78, 5) is 0. The molecule has 0 aliphatic carbocycles. The molecule has 0 radical (unpaired) electrons. The lowest BCUT2D eigenvalue weighted by Gasteiger charge is -2.15. The number of ether oxygens (including phenoxy) is 1. The second-order valence-electron chi connectivity index (χ2n) is 6.36. The van der Waals surface area contributed by atoms with Crippen LogP contribution in [0.4, 0.5) is 0 Å². The fourth-order valence-corrected chi connectivity index (χ4v) is 3.23. The SMILES string of the molecule is Clc1ccc(COc2ccc3ccccc3c2CNCc2ccco2)cc1. The normalized spacial score (nSPS) is 11.0. The average Bonchev–Trinajstić information content (AvgIpc) is 3.22. The Labute approximate surface area is 163 Å². The summed E-state index contributed by atoms with van der Waals surface area (Å²) < 4.78 is 11.6. The summed E-state index contributed by atoms with van der Waals surface area (Å²) in [6, 6.07) is 24.1. The zero-order valence-corrected chi connectivity index (χ0v) is 15.6. The Balaban J connectivity index is 1.55. The Morgan fingerprint density at radius 3 is 2.52 bits per heavy atom. The molecule has 3 nitrogen and oxygen atoms in total. The van der Waals surface area contributed by atoms with Gasteiger partial charge in [0, 0.05) is 17.1 Å². The Kier molecular flexibility index (Phi) is 5.42. The van der Waals surface area contributed by atoms with E-state index in [1.807, 2.05) is 42.5 Å². The number of benzene rings is 3. The van der Waals surface area contributed by atoms with Crippen molar-refractivity contribution < 1.29 is 9.15 Å². The molecule has 0 amide bonds. The largest absolute Gasteiger partial charge is 0.489 e. The summed E-state index contributed by atoms with van der Waals surface area (Å²) in [6.07, 6.45) is 1.69. The topological polar surface area (TPSA) is 34.4 Å². The van der Waals surface area contributed by atoms with Crippen LogP contribution in [0.2, 0.25) is 5.02 Å². The van der Waals surface area contributed by atoms with E-state index in [9.17, 15) is 0 Å². The van der Waals surface area contributed by atoms with E-state index < -0.39 is 0 Å². The summed E-state index contributed by atoms with van der Waals surface area (Å²) in [7, 11) is 0. The quantitative estimate of drug-likeness (QED) is 0.431. The lowest BCUT2D eigenvalue weighted by Crippen LogP contribution is -2.13. The third-order valence-electron chi connectivity index (χ3n) is 4.49. The summed E-state index contributed by atoms with van der Waals surface area (Å²) >= 11 is 5.96. The van der Waals surface area contributed by atoms with Crippen LogP contribution in [0.3, 0.4) is 0 Å². The molecule has 1 aromatic heterocycles. The maximum atomic E-state index is 6.15. The van der Waals surface area contributed by atoms with E-state index in [1.165, 1.54) is 10.8 Å². The molecule has 1 heterocycles. The zero-order chi connectivity index (χ0) is 18.5. The highest BCUT2D eigenvalue weighted by Crippen LogP contribution is 2.29. The molecule has 4 rings (SSSR count). The molecule has 0 atom stereocenters. The van der Waals surface area contributed by atoms with E-state index in [0.29, 0.717) is 19.7 Å². The number of halogens is 1. The van der Waals surface area contributed by atoms with Gasteiger partial charge in [-0.1, -0.05) is 54.1 Å². The van der Waals surface area contributed by atoms with Crippen LogP contribution in [0.25, 0.3) is 10.8 Å². The van der Waals surface area contributed by atoms with Gasteiger partial charge in [0.1, 0.15) is 18.1 Å². The molecule has 3 aromatic carbocycles. The van der Waals surface area contributed by atoms with Crippen molar-refractivity contribution in [3.8, 4) is 5.75 Å². The van der Waals surface area contributed by atoms with E-state index in [0.717, 1.165) is 27.7 Å². The number of nitrogens with one attached hydrogen (secondary N) is 1. The first-order valence-electron chi connectivity index (χ1n) is 8.90. The smallest absolute Gasteiger partial charge is 0.124 e. The zero-order valence-electron chi connectivity index (χ0n) is 14.8. The van der Waals surface area contributed by atoms with Crippen molar-refractivity contribution in [1.29, 1.82) is 0 Å². The van der Waals surface area contributed by atoms with Crippen molar-refractivity contribution in [3.05, 3.63) is 101 Å². The molecule has 0 aliphatic heterocycles. The van der Waals surface area contributed by atoms with Crippen molar-refractivity contribution >= 4 is 22.4 Å². The van der Waals surface area contributed by atoms with Gasteiger partial charge in [-0.15, -0.1) is 0 Å². The van der Waals surface area contributed by atoms with Crippen LogP contribution in [0.15, 0.2) is 83.5 Å². The minimum Gasteiger partial charge on any atom is -0.489 e. The predicted molar refractivity (Wildman–Crippen MR) is 109 cm³/mol. The first kappa shape index (κ1) is 17.7. The molecular formula is C23H20ClNO2. The van der Waals surface area contributed by atoms with Crippen LogP contribution in [0, 0.1) is 0 Å². The van der Waals surface area contributed by atoms with Gasteiger partial charge < -0.3 is 14.5 Å². The lowest BCUT2D eigenvalue weighted by atomic mass is 10.0. The molecule has 0 unspecified atom stereocenters. The highest BCUT2D eigenvalue weighted by molar-refractivity contribution is 6.30. The fourth-order valence-electron chi connectivity index (χ4n) is 3.10. The first-order chi connectivity index (χ1) is 13.3. The third-order valence-corrected chi connectivity index (χ3v) is 4.74. The van der Waals surface area contributed by atoms with Crippen LogP contribution >= 0.6 is 11.6 Å². The molecule has 0 bridgehead atoms. The van der Waals surface area contributed by atoms with Gasteiger partial charge in [0.15, 0.2) is 0 Å². The molecule has 0 saturated carbocycles. The molecule has 27 heavy (non-hydrogen) atoms. The van der Waals surface area contributed by atoms with E-state index in [1.54, 1.807) is 6.26 Å². The monoisotopic (exact) mass is 377 g/mol. The standard InChI is InChI=1S/C23H20ClNO2/c24-19-10-7-17(8-11-19)16-27-23-12-9-18-4-1-2-6-21(18)22(23)15-25-14-20-5-3-13-26-20/h1-13,25H,14-16H2. The molecule has 4 heteroatoms. The van der Waals surface area contributed by atoms with Gasteiger partial charge in [0.05, 0.1) is 12.8 Å². The van der Waals surface area contributed by atoms with Crippen molar-refractivity contribution in [1.82, 2.24) is 5.32 Å². The number of rotatable bonds is 7. The highest BCUT2D eigenvalue weighted by Gasteiger charge is 2.09. The van der Waals surface area contributed by atoms with Crippen LogP contribution in [0.1, 0.15) is 16.9 Å².